The lowest BCUT2D eigenvalue weighted by molar-refractivity contribution is 0.107. The molecule has 2 rings (SSSR count). The average Bonchev–Trinajstić information content (AvgIpc) is 2.47. The molecule has 80 valence electrons. The van der Waals surface area contributed by atoms with Crippen LogP contribution >= 0.6 is 11.8 Å². The highest BCUT2D eigenvalue weighted by Crippen LogP contribution is 2.31. The second-order valence-electron chi connectivity index (χ2n) is 5.09. The van der Waals surface area contributed by atoms with Crippen LogP contribution < -0.4 is 0 Å². The Labute approximate surface area is 90.5 Å². The number of hydrogen-bond donors (Lipinski definition) is 0. The van der Waals surface area contributed by atoms with E-state index in [1.807, 2.05) is 17.3 Å². The van der Waals surface area contributed by atoms with Crippen LogP contribution in [-0.2, 0) is 0 Å². The monoisotopic (exact) mass is 213 g/mol. The predicted molar refractivity (Wildman–Crippen MR) is 62.5 cm³/mol. The Morgan fingerprint density at radius 2 is 2.29 bits per heavy atom. The topological polar surface area (TPSA) is 18.8 Å². The summed E-state index contributed by atoms with van der Waals surface area (Å²) in [6.07, 6.45) is 1.26. The third-order valence-electron chi connectivity index (χ3n) is 2.97. The van der Waals surface area contributed by atoms with E-state index < -0.39 is 0 Å². The second-order valence-corrected chi connectivity index (χ2v) is 6.11. The van der Waals surface area contributed by atoms with Crippen molar-refractivity contribution in [2.45, 2.75) is 25.6 Å². The molecule has 0 bridgehead atoms. The van der Waals surface area contributed by atoms with E-state index in [2.05, 4.69) is 35.9 Å². The molecular weight excluding hydrogens is 194 g/mol. The highest BCUT2D eigenvalue weighted by Gasteiger charge is 2.31. The molecule has 4 heteroatoms. The summed E-state index contributed by atoms with van der Waals surface area (Å²) in [6.45, 7) is 8.09. The molecule has 3 nitrogen and oxygen atoms in total. The number of rotatable bonds is 0. The van der Waals surface area contributed by atoms with Crippen LogP contribution in [0.1, 0.15) is 20.3 Å². The number of fused-ring (bicyclic) bond motifs is 1. The van der Waals surface area contributed by atoms with Gasteiger partial charge in [-0.15, -0.1) is 0 Å². The third-order valence-corrected chi connectivity index (χ3v) is 3.90. The molecular formula is C10H19N3S. The SMILES string of the molecule is CN1CCC(C)(C)CN2N=CSC2C1. The first-order valence-corrected chi connectivity index (χ1v) is 6.14. The van der Waals surface area contributed by atoms with Crippen LogP contribution in [0.2, 0.25) is 0 Å². The summed E-state index contributed by atoms with van der Waals surface area (Å²) in [5.41, 5.74) is 2.37. The molecule has 0 aromatic rings. The van der Waals surface area contributed by atoms with Crippen molar-refractivity contribution in [2.24, 2.45) is 10.5 Å². The maximum Gasteiger partial charge on any atom is 0.110 e. The van der Waals surface area contributed by atoms with E-state index in [0.29, 0.717) is 10.8 Å². The van der Waals surface area contributed by atoms with Crippen LogP contribution in [0, 0.1) is 5.41 Å². The second kappa shape index (κ2) is 3.74. The van der Waals surface area contributed by atoms with Crippen LogP contribution in [-0.4, -0.2) is 47.5 Å². The summed E-state index contributed by atoms with van der Waals surface area (Å²) in [5, 5.41) is 7.23. The van der Waals surface area contributed by atoms with Gasteiger partial charge in [0.2, 0.25) is 0 Å². The van der Waals surface area contributed by atoms with E-state index in [9.17, 15) is 0 Å². The molecule has 2 aliphatic rings. The predicted octanol–water partition coefficient (Wildman–Crippen LogP) is 1.67. The van der Waals surface area contributed by atoms with Crippen LogP contribution in [0.4, 0.5) is 0 Å². The van der Waals surface area contributed by atoms with Gasteiger partial charge in [-0.1, -0.05) is 25.6 Å². The zero-order valence-electron chi connectivity index (χ0n) is 9.23. The van der Waals surface area contributed by atoms with Gasteiger partial charge in [0.1, 0.15) is 5.37 Å². The van der Waals surface area contributed by atoms with E-state index >= 15 is 0 Å². The molecule has 2 aliphatic heterocycles. The van der Waals surface area contributed by atoms with Crippen LogP contribution in [0.3, 0.4) is 0 Å². The van der Waals surface area contributed by atoms with Gasteiger partial charge in [-0.2, -0.15) is 5.10 Å². The minimum absolute atomic E-state index is 0.384. The van der Waals surface area contributed by atoms with Crippen molar-refractivity contribution in [3.05, 3.63) is 0 Å². The van der Waals surface area contributed by atoms with Crippen molar-refractivity contribution in [3.8, 4) is 0 Å². The van der Waals surface area contributed by atoms with E-state index in [4.69, 9.17) is 0 Å². The Kier molecular flexibility index (Phi) is 2.75. The number of nitrogens with zero attached hydrogens (tertiary/aromatic N) is 3. The Morgan fingerprint density at radius 3 is 3.07 bits per heavy atom. The first kappa shape index (κ1) is 10.3. The summed E-state index contributed by atoms with van der Waals surface area (Å²) in [4.78, 5) is 2.42. The Balaban J connectivity index is 2.09. The minimum Gasteiger partial charge on any atom is -0.303 e. The Morgan fingerprint density at radius 1 is 1.50 bits per heavy atom. The van der Waals surface area contributed by atoms with E-state index in [1.165, 1.54) is 13.0 Å². The lowest BCUT2D eigenvalue weighted by Gasteiger charge is -2.38. The molecule has 1 unspecified atom stereocenters. The zero-order chi connectivity index (χ0) is 10.2. The molecule has 0 aromatic carbocycles. The molecule has 0 amide bonds. The van der Waals surface area contributed by atoms with Crippen molar-refractivity contribution in [1.82, 2.24) is 9.91 Å². The normalized spacial score (nSPS) is 32.5. The van der Waals surface area contributed by atoms with Crippen molar-refractivity contribution in [3.63, 3.8) is 0 Å². The van der Waals surface area contributed by atoms with Gasteiger partial charge in [-0.25, -0.2) is 0 Å². The molecule has 1 saturated heterocycles. The quantitative estimate of drug-likeness (QED) is 0.610. The van der Waals surface area contributed by atoms with Gasteiger partial charge in [0.25, 0.3) is 0 Å². The molecule has 1 atom stereocenters. The Hall–Kier alpha value is -0.220. The molecule has 0 spiro atoms. The van der Waals surface area contributed by atoms with Crippen molar-refractivity contribution in [2.75, 3.05) is 26.7 Å². The first-order chi connectivity index (χ1) is 6.57. The highest BCUT2D eigenvalue weighted by molar-refractivity contribution is 8.12. The van der Waals surface area contributed by atoms with E-state index in [1.54, 1.807) is 0 Å². The maximum atomic E-state index is 4.43. The standard InChI is InChI=1S/C10H19N3S/c1-10(2)4-5-12(3)6-9-13(7-10)11-8-14-9/h8-9H,4-7H2,1-3H3. The van der Waals surface area contributed by atoms with Crippen LogP contribution in [0.15, 0.2) is 5.10 Å². The van der Waals surface area contributed by atoms with Crippen LogP contribution in [0.25, 0.3) is 0 Å². The Bertz CT molecular complexity index is 240. The van der Waals surface area contributed by atoms with Gasteiger partial charge in [-0.05, 0) is 25.4 Å². The lowest BCUT2D eigenvalue weighted by atomic mass is 9.88. The fourth-order valence-corrected chi connectivity index (χ4v) is 2.88. The highest BCUT2D eigenvalue weighted by atomic mass is 32.2. The van der Waals surface area contributed by atoms with Gasteiger partial charge in [0.15, 0.2) is 0 Å². The molecule has 0 radical (unpaired) electrons. The average molecular weight is 213 g/mol. The minimum atomic E-state index is 0.384. The smallest absolute Gasteiger partial charge is 0.110 e. The summed E-state index contributed by atoms with van der Waals surface area (Å²) in [7, 11) is 2.21. The first-order valence-electron chi connectivity index (χ1n) is 5.20. The third kappa shape index (κ3) is 2.23. The molecule has 0 aliphatic carbocycles. The summed E-state index contributed by atoms with van der Waals surface area (Å²) in [5.74, 6) is 0. The molecule has 0 N–H and O–H groups in total. The van der Waals surface area contributed by atoms with Crippen molar-refractivity contribution < 1.29 is 0 Å². The van der Waals surface area contributed by atoms with Gasteiger partial charge >= 0.3 is 0 Å². The maximum absolute atomic E-state index is 4.43. The molecule has 0 aromatic heterocycles. The van der Waals surface area contributed by atoms with Gasteiger partial charge in [-0.3, -0.25) is 5.01 Å². The van der Waals surface area contributed by atoms with Crippen molar-refractivity contribution >= 4 is 17.3 Å². The molecule has 14 heavy (non-hydrogen) atoms. The summed E-state index contributed by atoms with van der Waals surface area (Å²) >= 11 is 1.85. The van der Waals surface area contributed by atoms with E-state index in [-0.39, 0.29) is 0 Å². The fourth-order valence-electron chi connectivity index (χ4n) is 1.95. The number of likely N-dealkylation sites (N-methyl/N-ethyl adjacent to an activating group) is 1. The largest absolute Gasteiger partial charge is 0.303 e. The van der Waals surface area contributed by atoms with Crippen molar-refractivity contribution in [1.29, 1.82) is 0 Å². The molecule has 0 saturated carbocycles. The van der Waals surface area contributed by atoms with E-state index in [0.717, 1.165) is 13.1 Å². The van der Waals surface area contributed by atoms with Crippen LogP contribution in [0.5, 0.6) is 0 Å². The summed E-state index contributed by atoms with van der Waals surface area (Å²) in [6, 6.07) is 0. The van der Waals surface area contributed by atoms with Gasteiger partial charge in [0.05, 0.1) is 5.55 Å². The number of hydrogen-bond acceptors (Lipinski definition) is 4. The molecule has 2 heterocycles. The number of hydrazone groups is 1. The fraction of sp³-hybridized carbons (Fsp3) is 0.900. The van der Waals surface area contributed by atoms with Gasteiger partial charge < -0.3 is 4.90 Å². The zero-order valence-corrected chi connectivity index (χ0v) is 10.0. The van der Waals surface area contributed by atoms with Gasteiger partial charge in [0, 0.05) is 13.1 Å². The molecule has 1 fully saturated rings. The number of thioether (sulfide) groups is 1. The lowest BCUT2D eigenvalue weighted by Crippen LogP contribution is -2.44. The summed E-state index contributed by atoms with van der Waals surface area (Å²) < 4.78 is 0.